The van der Waals surface area contributed by atoms with Gasteiger partial charge in [-0.15, -0.1) is 0 Å². The van der Waals surface area contributed by atoms with E-state index in [1.165, 1.54) is 16.8 Å². The predicted molar refractivity (Wildman–Crippen MR) is 92.9 cm³/mol. The van der Waals surface area contributed by atoms with Crippen LogP contribution in [-0.4, -0.2) is 20.7 Å². The molecule has 0 spiro atoms. The summed E-state index contributed by atoms with van der Waals surface area (Å²) in [4.78, 5) is 16.5. The van der Waals surface area contributed by atoms with Crippen molar-refractivity contribution in [2.24, 2.45) is 0 Å². The standard InChI is InChI=1S/C18H16ClFN4O/c1-12-16(18(25)22-10-14-3-2-8-21-9-14)17(19)24(23-12)11-13-4-6-15(20)7-5-13/h2-9H,10-11H2,1H3,(H,22,25). The molecule has 0 atom stereocenters. The first kappa shape index (κ1) is 17.1. The van der Waals surface area contributed by atoms with E-state index in [-0.39, 0.29) is 16.9 Å². The normalized spacial score (nSPS) is 10.7. The second kappa shape index (κ2) is 7.44. The zero-order valence-electron chi connectivity index (χ0n) is 13.5. The van der Waals surface area contributed by atoms with E-state index in [0.29, 0.717) is 24.3 Å². The van der Waals surface area contributed by atoms with Crippen LogP contribution in [0, 0.1) is 12.7 Å². The number of rotatable bonds is 5. The van der Waals surface area contributed by atoms with Crippen molar-refractivity contribution in [2.45, 2.75) is 20.0 Å². The van der Waals surface area contributed by atoms with E-state index in [4.69, 9.17) is 11.6 Å². The molecule has 5 nitrogen and oxygen atoms in total. The van der Waals surface area contributed by atoms with Crippen LogP contribution in [0.2, 0.25) is 5.15 Å². The number of carbonyl (C=O) groups is 1. The number of aromatic nitrogens is 3. The highest BCUT2D eigenvalue weighted by molar-refractivity contribution is 6.33. The van der Waals surface area contributed by atoms with Gasteiger partial charge in [-0.05, 0) is 36.2 Å². The van der Waals surface area contributed by atoms with Crippen molar-refractivity contribution in [1.29, 1.82) is 0 Å². The number of halogens is 2. The lowest BCUT2D eigenvalue weighted by molar-refractivity contribution is 0.0950. The number of nitrogens with one attached hydrogen (secondary N) is 1. The fourth-order valence-corrected chi connectivity index (χ4v) is 2.77. The van der Waals surface area contributed by atoms with Gasteiger partial charge in [-0.2, -0.15) is 5.10 Å². The van der Waals surface area contributed by atoms with E-state index in [0.717, 1.165) is 11.1 Å². The largest absolute Gasteiger partial charge is 0.348 e. The molecule has 0 aliphatic carbocycles. The van der Waals surface area contributed by atoms with E-state index >= 15 is 0 Å². The summed E-state index contributed by atoms with van der Waals surface area (Å²) in [6.07, 6.45) is 3.36. The molecule has 128 valence electrons. The third-order valence-corrected chi connectivity index (χ3v) is 4.10. The van der Waals surface area contributed by atoms with Crippen molar-refractivity contribution < 1.29 is 9.18 Å². The lowest BCUT2D eigenvalue weighted by atomic mass is 10.2. The molecule has 1 amide bonds. The van der Waals surface area contributed by atoms with Crippen molar-refractivity contribution in [2.75, 3.05) is 0 Å². The van der Waals surface area contributed by atoms with Crippen LogP contribution in [-0.2, 0) is 13.1 Å². The highest BCUT2D eigenvalue weighted by Gasteiger charge is 2.20. The maximum atomic E-state index is 13.0. The number of benzene rings is 1. The van der Waals surface area contributed by atoms with Crippen LogP contribution in [0.25, 0.3) is 0 Å². The maximum absolute atomic E-state index is 13.0. The van der Waals surface area contributed by atoms with Gasteiger partial charge < -0.3 is 5.32 Å². The average molecular weight is 359 g/mol. The van der Waals surface area contributed by atoms with Crippen LogP contribution in [0.5, 0.6) is 0 Å². The summed E-state index contributed by atoms with van der Waals surface area (Å²) in [6, 6.07) is 9.75. The Morgan fingerprint density at radius 2 is 2.00 bits per heavy atom. The number of pyridine rings is 1. The Morgan fingerprint density at radius 1 is 1.24 bits per heavy atom. The quantitative estimate of drug-likeness (QED) is 0.760. The SMILES string of the molecule is Cc1nn(Cc2ccc(F)cc2)c(Cl)c1C(=O)NCc1cccnc1. The van der Waals surface area contributed by atoms with Crippen LogP contribution >= 0.6 is 11.6 Å². The number of aryl methyl sites for hydroxylation is 1. The molecule has 0 saturated carbocycles. The van der Waals surface area contributed by atoms with Gasteiger partial charge in [-0.3, -0.25) is 9.78 Å². The molecular formula is C18H16ClFN4O. The lowest BCUT2D eigenvalue weighted by Crippen LogP contribution is -2.23. The highest BCUT2D eigenvalue weighted by atomic mass is 35.5. The van der Waals surface area contributed by atoms with Gasteiger partial charge in [0, 0.05) is 18.9 Å². The van der Waals surface area contributed by atoms with E-state index in [1.807, 2.05) is 6.07 Å². The second-order valence-corrected chi connectivity index (χ2v) is 5.94. The molecule has 1 aromatic carbocycles. The Kier molecular flexibility index (Phi) is 5.09. The van der Waals surface area contributed by atoms with Gasteiger partial charge in [0.05, 0.1) is 17.8 Å². The van der Waals surface area contributed by atoms with Crippen LogP contribution < -0.4 is 5.32 Å². The van der Waals surface area contributed by atoms with E-state index in [2.05, 4.69) is 15.4 Å². The molecule has 0 aliphatic heterocycles. The highest BCUT2D eigenvalue weighted by Crippen LogP contribution is 2.21. The number of hydrogen-bond acceptors (Lipinski definition) is 3. The smallest absolute Gasteiger partial charge is 0.256 e. The monoisotopic (exact) mass is 358 g/mol. The molecule has 3 rings (SSSR count). The summed E-state index contributed by atoms with van der Waals surface area (Å²) in [7, 11) is 0. The molecule has 2 aromatic heterocycles. The summed E-state index contributed by atoms with van der Waals surface area (Å²) in [6.45, 7) is 2.44. The molecule has 0 unspecified atom stereocenters. The van der Waals surface area contributed by atoms with Crippen LogP contribution in [0.1, 0.15) is 27.2 Å². The van der Waals surface area contributed by atoms with Gasteiger partial charge >= 0.3 is 0 Å². The fraction of sp³-hybridized carbons (Fsp3) is 0.167. The molecule has 0 radical (unpaired) electrons. The molecule has 2 heterocycles. The molecule has 25 heavy (non-hydrogen) atoms. The Bertz CT molecular complexity index is 878. The van der Waals surface area contributed by atoms with Gasteiger partial charge in [0.1, 0.15) is 11.0 Å². The van der Waals surface area contributed by atoms with Gasteiger partial charge in [-0.25, -0.2) is 9.07 Å². The minimum atomic E-state index is -0.304. The summed E-state index contributed by atoms with van der Waals surface area (Å²) < 4.78 is 14.5. The topological polar surface area (TPSA) is 59.8 Å². The minimum Gasteiger partial charge on any atom is -0.348 e. The Morgan fingerprint density at radius 3 is 2.68 bits per heavy atom. The maximum Gasteiger partial charge on any atom is 0.256 e. The molecule has 1 N–H and O–H groups in total. The minimum absolute atomic E-state index is 0.255. The van der Waals surface area contributed by atoms with Crippen LogP contribution in [0.3, 0.4) is 0 Å². The third kappa shape index (κ3) is 4.03. The third-order valence-electron chi connectivity index (χ3n) is 3.71. The van der Waals surface area contributed by atoms with Gasteiger partial charge in [0.2, 0.25) is 0 Å². The van der Waals surface area contributed by atoms with Crippen LogP contribution in [0.4, 0.5) is 4.39 Å². The zero-order valence-corrected chi connectivity index (χ0v) is 14.3. The summed E-state index contributed by atoms with van der Waals surface area (Å²) in [5.74, 6) is -0.598. The molecule has 7 heteroatoms. The predicted octanol–water partition coefficient (Wildman–Crippen LogP) is 3.36. The molecular weight excluding hydrogens is 343 g/mol. The average Bonchev–Trinajstić information content (AvgIpc) is 2.89. The first-order chi connectivity index (χ1) is 12.0. The summed E-state index contributed by atoms with van der Waals surface area (Å²) >= 11 is 6.34. The fourth-order valence-electron chi connectivity index (χ4n) is 2.45. The van der Waals surface area contributed by atoms with Gasteiger partial charge in [-0.1, -0.05) is 29.8 Å². The van der Waals surface area contributed by atoms with Crippen molar-refractivity contribution >= 4 is 17.5 Å². The molecule has 0 saturated heterocycles. The molecule has 0 bridgehead atoms. The van der Waals surface area contributed by atoms with Crippen molar-refractivity contribution in [1.82, 2.24) is 20.1 Å². The number of hydrogen-bond donors (Lipinski definition) is 1. The molecule has 0 aliphatic rings. The number of carbonyl (C=O) groups excluding carboxylic acids is 1. The Hall–Kier alpha value is -2.73. The first-order valence-corrected chi connectivity index (χ1v) is 8.07. The van der Waals surface area contributed by atoms with E-state index in [1.54, 1.807) is 37.5 Å². The van der Waals surface area contributed by atoms with Crippen molar-refractivity contribution in [3.8, 4) is 0 Å². The molecule has 0 fully saturated rings. The summed E-state index contributed by atoms with van der Waals surface area (Å²) in [5.41, 5.74) is 2.61. The number of amides is 1. The Labute approximate surface area is 149 Å². The van der Waals surface area contributed by atoms with E-state index in [9.17, 15) is 9.18 Å². The second-order valence-electron chi connectivity index (χ2n) is 5.58. The summed E-state index contributed by atoms with van der Waals surface area (Å²) in [5, 5.41) is 7.39. The first-order valence-electron chi connectivity index (χ1n) is 7.69. The van der Waals surface area contributed by atoms with Crippen molar-refractivity contribution in [3.05, 3.63) is 82.1 Å². The zero-order chi connectivity index (χ0) is 17.8. The number of nitrogens with zero attached hydrogens (tertiary/aromatic N) is 3. The van der Waals surface area contributed by atoms with Gasteiger partial charge in [0.15, 0.2) is 0 Å². The lowest BCUT2D eigenvalue weighted by Gasteiger charge is -2.06. The van der Waals surface area contributed by atoms with Gasteiger partial charge in [0.25, 0.3) is 5.91 Å². The molecule has 3 aromatic rings. The van der Waals surface area contributed by atoms with E-state index < -0.39 is 0 Å². The van der Waals surface area contributed by atoms with Crippen molar-refractivity contribution in [3.63, 3.8) is 0 Å². The Balaban J connectivity index is 1.74. The van der Waals surface area contributed by atoms with Crippen LogP contribution in [0.15, 0.2) is 48.8 Å².